The Hall–Kier alpha value is -0.570. The van der Waals surface area contributed by atoms with Crippen LogP contribution in [0.1, 0.15) is 67.7 Å². The molecule has 110 valence electrons. The van der Waals surface area contributed by atoms with E-state index in [1.54, 1.807) is 0 Å². The largest absolute Gasteiger partial charge is 0.321 e. The molecule has 1 heterocycles. The number of carbonyl (C=O) groups is 1. The van der Waals surface area contributed by atoms with E-state index in [-0.39, 0.29) is 22.5 Å². The van der Waals surface area contributed by atoms with Gasteiger partial charge in [-0.25, -0.2) is 0 Å². The Balaban J connectivity index is 2.30. The molecule has 1 amide bonds. The van der Waals surface area contributed by atoms with Crippen LogP contribution in [0.5, 0.6) is 0 Å². The van der Waals surface area contributed by atoms with Gasteiger partial charge in [0.1, 0.15) is 0 Å². The highest BCUT2D eigenvalue weighted by atomic mass is 16.2. The molecule has 19 heavy (non-hydrogen) atoms. The van der Waals surface area contributed by atoms with Gasteiger partial charge in [0.25, 0.3) is 0 Å². The molecule has 0 bridgehead atoms. The fourth-order valence-corrected chi connectivity index (χ4v) is 3.82. The summed E-state index contributed by atoms with van der Waals surface area (Å²) in [5, 5.41) is 3.59. The van der Waals surface area contributed by atoms with E-state index in [1.165, 1.54) is 0 Å². The number of rotatable bonds is 4. The fourth-order valence-electron chi connectivity index (χ4n) is 3.82. The first-order chi connectivity index (χ1) is 8.63. The third-order valence-corrected chi connectivity index (χ3v) is 6.02. The first kappa shape index (κ1) is 14.8. The van der Waals surface area contributed by atoms with Gasteiger partial charge in [0.05, 0.1) is 11.7 Å². The zero-order valence-corrected chi connectivity index (χ0v) is 13.6. The fraction of sp³-hybridized carbons (Fsp3) is 0.938. The number of nitrogens with zero attached hydrogens (tertiary/aromatic N) is 1. The second kappa shape index (κ2) is 4.21. The molecule has 2 fully saturated rings. The van der Waals surface area contributed by atoms with Crippen LogP contribution in [0.25, 0.3) is 0 Å². The van der Waals surface area contributed by atoms with Crippen molar-refractivity contribution in [2.45, 2.75) is 85.5 Å². The summed E-state index contributed by atoms with van der Waals surface area (Å²) >= 11 is 0. The summed E-state index contributed by atoms with van der Waals surface area (Å²) in [5.41, 5.74) is 0.0687. The number of amides is 1. The Bertz CT molecular complexity index is 374. The lowest BCUT2D eigenvalue weighted by Gasteiger charge is -2.26. The zero-order valence-electron chi connectivity index (χ0n) is 13.6. The highest BCUT2D eigenvalue weighted by Crippen LogP contribution is 2.66. The maximum absolute atomic E-state index is 12.9. The van der Waals surface area contributed by atoms with Crippen molar-refractivity contribution in [2.24, 2.45) is 10.8 Å². The first-order valence-electron chi connectivity index (χ1n) is 7.74. The molecule has 2 rings (SSSR count). The predicted molar refractivity (Wildman–Crippen MR) is 78.7 cm³/mol. The number of hydrogen-bond donors (Lipinski definition) is 1. The molecular formula is C16H30N2O. The van der Waals surface area contributed by atoms with E-state index in [1.807, 2.05) is 0 Å². The van der Waals surface area contributed by atoms with Gasteiger partial charge in [-0.2, -0.15) is 0 Å². The highest BCUT2D eigenvalue weighted by molar-refractivity contribution is 5.89. The molecule has 2 aliphatic rings. The van der Waals surface area contributed by atoms with E-state index in [2.05, 4.69) is 58.7 Å². The van der Waals surface area contributed by atoms with E-state index in [0.717, 1.165) is 19.3 Å². The van der Waals surface area contributed by atoms with E-state index in [9.17, 15) is 4.79 Å². The molecule has 1 saturated heterocycles. The molecule has 1 saturated carbocycles. The van der Waals surface area contributed by atoms with Crippen molar-refractivity contribution in [3.05, 3.63) is 0 Å². The lowest BCUT2D eigenvalue weighted by Crippen LogP contribution is -2.43. The van der Waals surface area contributed by atoms with Crippen molar-refractivity contribution < 1.29 is 4.79 Å². The summed E-state index contributed by atoms with van der Waals surface area (Å²) in [6.07, 6.45) is 3.23. The van der Waals surface area contributed by atoms with E-state index in [0.29, 0.717) is 11.9 Å². The van der Waals surface area contributed by atoms with Crippen molar-refractivity contribution >= 4 is 5.91 Å². The minimum atomic E-state index is -0.366. The quantitative estimate of drug-likeness (QED) is 0.848. The molecule has 1 aliphatic heterocycles. The molecule has 0 radical (unpaired) electrons. The molecular weight excluding hydrogens is 236 g/mol. The van der Waals surface area contributed by atoms with Gasteiger partial charge in [-0.15, -0.1) is 0 Å². The monoisotopic (exact) mass is 266 g/mol. The maximum Gasteiger partial charge on any atom is 0.244 e. The van der Waals surface area contributed by atoms with E-state index in [4.69, 9.17) is 0 Å². The lowest BCUT2D eigenvalue weighted by molar-refractivity contribution is -0.134. The van der Waals surface area contributed by atoms with Gasteiger partial charge in [-0.3, -0.25) is 10.1 Å². The Morgan fingerprint density at radius 2 is 1.63 bits per heavy atom. The summed E-state index contributed by atoms with van der Waals surface area (Å²) < 4.78 is 0. The standard InChI is InChI=1S/C16H30N2O/c1-8-10-11-17-16(7,9-2)13(19)18(11)12-14(3,4)15(12,5)6/h11-12,17H,8-10H2,1-7H3. The van der Waals surface area contributed by atoms with Crippen LogP contribution < -0.4 is 5.32 Å². The molecule has 0 aromatic rings. The minimum Gasteiger partial charge on any atom is -0.321 e. The summed E-state index contributed by atoms with van der Waals surface area (Å²) in [6, 6.07) is 0.366. The molecule has 1 N–H and O–H groups in total. The second-order valence-corrected chi connectivity index (χ2v) is 7.69. The average Bonchev–Trinajstić information content (AvgIpc) is 2.59. The third-order valence-electron chi connectivity index (χ3n) is 6.02. The van der Waals surface area contributed by atoms with Crippen LogP contribution in [0, 0.1) is 10.8 Å². The first-order valence-corrected chi connectivity index (χ1v) is 7.74. The SMILES string of the molecule is CCCC1NC(C)(CC)C(=O)N1C1C(C)(C)C1(C)C. The molecule has 3 nitrogen and oxygen atoms in total. The minimum absolute atomic E-state index is 0.216. The summed E-state index contributed by atoms with van der Waals surface area (Å²) in [4.78, 5) is 15.0. The topological polar surface area (TPSA) is 32.3 Å². The normalized spacial score (nSPS) is 36.9. The molecule has 0 aromatic carbocycles. The zero-order chi connectivity index (χ0) is 14.6. The summed E-state index contributed by atoms with van der Waals surface area (Å²) in [6.45, 7) is 15.5. The number of carbonyl (C=O) groups excluding carboxylic acids is 1. The molecule has 3 heteroatoms. The van der Waals surface area contributed by atoms with Crippen molar-refractivity contribution in [3.63, 3.8) is 0 Å². The third kappa shape index (κ3) is 1.84. The van der Waals surface area contributed by atoms with Crippen molar-refractivity contribution in [3.8, 4) is 0 Å². The predicted octanol–water partition coefficient (Wildman–Crippen LogP) is 3.15. The van der Waals surface area contributed by atoms with Gasteiger partial charge >= 0.3 is 0 Å². The molecule has 2 atom stereocenters. The van der Waals surface area contributed by atoms with E-state index < -0.39 is 0 Å². The number of hydrogen-bond acceptors (Lipinski definition) is 2. The Labute approximate surface area is 118 Å². The molecule has 0 aromatic heterocycles. The maximum atomic E-state index is 12.9. The van der Waals surface area contributed by atoms with Crippen LogP contribution in [0.2, 0.25) is 0 Å². The van der Waals surface area contributed by atoms with Gasteiger partial charge in [0.2, 0.25) is 5.91 Å². The van der Waals surface area contributed by atoms with Crippen LogP contribution in [-0.4, -0.2) is 28.6 Å². The summed E-state index contributed by atoms with van der Waals surface area (Å²) in [5.74, 6) is 0.303. The van der Waals surface area contributed by atoms with Crippen LogP contribution in [0.15, 0.2) is 0 Å². The van der Waals surface area contributed by atoms with E-state index >= 15 is 0 Å². The van der Waals surface area contributed by atoms with Crippen molar-refractivity contribution in [1.29, 1.82) is 0 Å². The van der Waals surface area contributed by atoms with Gasteiger partial charge in [0.15, 0.2) is 0 Å². The van der Waals surface area contributed by atoms with Crippen molar-refractivity contribution in [2.75, 3.05) is 0 Å². The van der Waals surface area contributed by atoms with Crippen LogP contribution in [-0.2, 0) is 4.79 Å². The smallest absolute Gasteiger partial charge is 0.244 e. The average molecular weight is 266 g/mol. The lowest BCUT2D eigenvalue weighted by atomic mass is 9.99. The molecule has 2 unspecified atom stereocenters. The second-order valence-electron chi connectivity index (χ2n) is 7.69. The van der Waals surface area contributed by atoms with Gasteiger partial charge < -0.3 is 4.90 Å². The molecule has 1 aliphatic carbocycles. The van der Waals surface area contributed by atoms with Crippen LogP contribution in [0.4, 0.5) is 0 Å². The van der Waals surface area contributed by atoms with Gasteiger partial charge in [-0.05, 0) is 30.6 Å². The number of nitrogens with one attached hydrogen (secondary N) is 1. The van der Waals surface area contributed by atoms with Gasteiger partial charge in [0, 0.05) is 6.04 Å². The van der Waals surface area contributed by atoms with Crippen molar-refractivity contribution in [1.82, 2.24) is 10.2 Å². The van der Waals surface area contributed by atoms with Crippen LogP contribution in [0.3, 0.4) is 0 Å². The Morgan fingerprint density at radius 3 is 2.00 bits per heavy atom. The summed E-state index contributed by atoms with van der Waals surface area (Å²) in [7, 11) is 0. The highest BCUT2D eigenvalue weighted by Gasteiger charge is 2.71. The Kier molecular flexibility index (Phi) is 3.29. The Morgan fingerprint density at radius 1 is 1.11 bits per heavy atom. The molecule has 0 spiro atoms. The van der Waals surface area contributed by atoms with Gasteiger partial charge in [-0.1, -0.05) is 48.0 Å². The van der Waals surface area contributed by atoms with Crippen LogP contribution >= 0.6 is 0 Å².